The van der Waals surface area contributed by atoms with Gasteiger partial charge in [-0.25, -0.2) is 0 Å². The molecule has 3 atom stereocenters. The highest BCUT2D eigenvalue weighted by Gasteiger charge is 2.43. The number of anilines is 2. The number of piperidine rings is 1. The minimum Gasteiger partial charge on any atom is -0.468 e. The molecule has 34 heavy (non-hydrogen) atoms. The van der Waals surface area contributed by atoms with E-state index in [1.165, 1.54) is 22.8 Å². The number of pyridine rings is 2. The third-order valence-electron chi connectivity index (χ3n) is 6.24. The van der Waals surface area contributed by atoms with Crippen LogP contribution < -0.4 is 15.0 Å². The molecule has 1 aliphatic carbocycles. The lowest BCUT2D eigenvalue weighted by Crippen LogP contribution is -2.48. The average Bonchev–Trinajstić information content (AvgIpc) is 3.27. The summed E-state index contributed by atoms with van der Waals surface area (Å²) in [6.07, 6.45) is -6.03. The van der Waals surface area contributed by atoms with Gasteiger partial charge in [0, 0.05) is 37.1 Å². The van der Waals surface area contributed by atoms with Crippen LogP contribution >= 0.6 is 0 Å². The Kier molecular flexibility index (Phi) is 5.44. The van der Waals surface area contributed by atoms with Gasteiger partial charge in [-0.3, -0.25) is 4.98 Å². The largest absolute Gasteiger partial charge is 0.468 e. The molecule has 0 spiro atoms. The van der Waals surface area contributed by atoms with Crippen LogP contribution in [-0.4, -0.2) is 51.5 Å². The van der Waals surface area contributed by atoms with Gasteiger partial charge in [-0.15, -0.1) is 5.10 Å². The summed E-state index contributed by atoms with van der Waals surface area (Å²) < 4.78 is 82.8. The summed E-state index contributed by atoms with van der Waals surface area (Å²) in [7, 11) is 0. The molecule has 1 saturated carbocycles. The van der Waals surface area contributed by atoms with Crippen LogP contribution in [0.4, 0.5) is 38.0 Å². The topological polar surface area (TPSA) is 67.6 Å². The molecule has 7 nitrogen and oxygen atoms in total. The number of nitrogens with one attached hydrogen (secondary N) is 1. The summed E-state index contributed by atoms with van der Waals surface area (Å²) in [5, 5.41) is 7.57. The highest BCUT2D eigenvalue weighted by molar-refractivity contribution is 5.50. The Morgan fingerprint density at radius 1 is 1.03 bits per heavy atom. The van der Waals surface area contributed by atoms with Gasteiger partial charge < -0.3 is 15.0 Å². The van der Waals surface area contributed by atoms with E-state index in [0.717, 1.165) is 18.9 Å². The van der Waals surface area contributed by atoms with Gasteiger partial charge in [-0.1, -0.05) is 6.07 Å². The second kappa shape index (κ2) is 8.20. The second-order valence-corrected chi connectivity index (χ2v) is 8.54. The van der Waals surface area contributed by atoms with Gasteiger partial charge >= 0.3 is 12.4 Å². The van der Waals surface area contributed by atoms with Crippen LogP contribution in [0.3, 0.4) is 0 Å². The molecule has 0 amide bonds. The van der Waals surface area contributed by atoms with Crippen molar-refractivity contribution in [2.45, 2.75) is 31.2 Å². The van der Waals surface area contributed by atoms with Crippen LogP contribution in [0.2, 0.25) is 0 Å². The van der Waals surface area contributed by atoms with E-state index in [4.69, 9.17) is 4.74 Å². The van der Waals surface area contributed by atoms with Crippen molar-refractivity contribution in [3.63, 3.8) is 0 Å². The number of rotatable bonds is 5. The molecule has 5 rings (SSSR count). The van der Waals surface area contributed by atoms with Gasteiger partial charge in [0.1, 0.15) is 5.69 Å². The molecule has 2 aliphatic rings. The molecular weight excluding hydrogens is 466 g/mol. The van der Waals surface area contributed by atoms with Crippen molar-refractivity contribution in [3.8, 4) is 5.88 Å². The predicted molar refractivity (Wildman–Crippen MR) is 110 cm³/mol. The first-order valence-electron chi connectivity index (χ1n) is 10.7. The van der Waals surface area contributed by atoms with E-state index in [1.54, 1.807) is 12.1 Å². The SMILES string of the molecule is FC(F)(F)COc1cccc2nc(N[C@@H]3[C@@H]4CC[C@H]3CN(c3ccnc(C(F)(F)F)c3)C4)nn12. The Hall–Kier alpha value is -3.25. The van der Waals surface area contributed by atoms with Crippen LogP contribution in [0.5, 0.6) is 5.88 Å². The van der Waals surface area contributed by atoms with E-state index in [9.17, 15) is 26.3 Å². The lowest BCUT2D eigenvalue weighted by molar-refractivity contribution is -0.154. The molecule has 1 aliphatic heterocycles. The number of halogens is 6. The van der Waals surface area contributed by atoms with Gasteiger partial charge in [-0.05, 0) is 42.9 Å². The van der Waals surface area contributed by atoms with Crippen LogP contribution in [0.15, 0.2) is 36.5 Å². The summed E-state index contributed by atoms with van der Waals surface area (Å²) in [6.45, 7) is -0.325. The number of alkyl halides is 6. The van der Waals surface area contributed by atoms with E-state index >= 15 is 0 Å². The van der Waals surface area contributed by atoms with Crippen LogP contribution in [0.25, 0.3) is 5.65 Å². The highest BCUT2D eigenvalue weighted by Crippen LogP contribution is 2.40. The molecule has 1 N–H and O–H groups in total. The lowest BCUT2D eigenvalue weighted by atomic mass is 9.92. The molecule has 4 heterocycles. The Morgan fingerprint density at radius 3 is 2.44 bits per heavy atom. The lowest BCUT2D eigenvalue weighted by Gasteiger charge is -2.39. The van der Waals surface area contributed by atoms with Gasteiger partial charge in [0.2, 0.25) is 11.8 Å². The van der Waals surface area contributed by atoms with E-state index in [0.29, 0.717) is 24.4 Å². The summed E-state index contributed by atoms with van der Waals surface area (Å²) in [4.78, 5) is 9.73. The summed E-state index contributed by atoms with van der Waals surface area (Å²) in [5.41, 5.74) is -0.103. The normalized spacial score (nSPS) is 22.9. The molecule has 3 aromatic rings. The molecule has 0 radical (unpaired) electrons. The number of aromatic nitrogens is 4. The molecule has 1 saturated heterocycles. The Labute approximate surface area is 189 Å². The smallest absolute Gasteiger partial charge is 0.433 e. The van der Waals surface area contributed by atoms with Crippen molar-refractivity contribution in [3.05, 3.63) is 42.2 Å². The summed E-state index contributed by atoms with van der Waals surface area (Å²) >= 11 is 0. The first-order valence-corrected chi connectivity index (χ1v) is 10.7. The van der Waals surface area contributed by atoms with Crippen molar-refractivity contribution in [1.82, 2.24) is 19.6 Å². The fourth-order valence-corrected chi connectivity index (χ4v) is 4.80. The quantitative estimate of drug-likeness (QED) is 0.539. The second-order valence-electron chi connectivity index (χ2n) is 8.54. The molecule has 2 fully saturated rings. The first kappa shape index (κ1) is 22.5. The standard InChI is InChI=1S/C21H20F6N6O/c22-20(23,24)11-34-17-3-1-2-16-29-19(31-33(16)17)30-18-12-4-5-13(18)10-32(9-12)14-6-7-28-15(8-14)21(25,26)27/h1-3,6-8,12-13,18H,4-5,9-11H2,(H,30,31)/t12-,13+,18-. The fraction of sp³-hybridized carbons (Fsp3) is 0.476. The molecule has 182 valence electrons. The third-order valence-corrected chi connectivity index (χ3v) is 6.24. The predicted octanol–water partition coefficient (Wildman–Crippen LogP) is 4.41. The summed E-state index contributed by atoms with van der Waals surface area (Å²) in [6, 6.07) is 7.16. The molecule has 13 heteroatoms. The monoisotopic (exact) mass is 486 g/mol. The van der Waals surface area contributed by atoms with Gasteiger partial charge in [0.05, 0.1) is 0 Å². The van der Waals surface area contributed by atoms with Gasteiger partial charge in [0.25, 0.3) is 0 Å². The Balaban J connectivity index is 1.31. The zero-order chi connectivity index (χ0) is 24.1. The number of nitrogens with zero attached hydrogens (tertiary/aromatic N) is 5. The Morgan fingerprint density at radius 2 is 1.76 bits per heavy atom. The molecular formula is C21H20F6N6O. The molecule has 0 unspecified atom stereocenters. The van der Waals surface area contributed by atoms with E-state index in [-0.39, 0.29) is 29.7 Å². The van der Waals surface area contributed by atoms with E-state index in [1.807, 2.05) is 4.90 Å². The average molecular weight is 486 g/mol. The van der Waals surface area contributed by atoms with Crippen molar-refractivity contribution < 1.29 is 31.1 Å². The van der Waals surface area contributed by atoms with Gasteiger partial charge in [-0.2, -0.15) is 35.8 Å². The van der Waals surface area contributed by atoms with Crippen LogP contribution in [-0.2, 0) is 6.18 Å². The van der Waals surface area contributed by atoms with Gasteiger partial charge in [0.15, 0.2) is 12.3 Å². The minimum absolute atomic E-state index is 0.00266. The molecule has 3 aromatic heterocycles. The van der Waals surface area contributed by atoms with Crippen LogP contribution in [0, 0.1) is 11.8 Å². The maximum absolute atomic E-state index is 13.1. The molecule has 2 bridgehead atoms. The zero-order valence-corrected chi connectivity index (χ0v) is 17.6. The number of ether oxygens (including phenoxy) is 1. The van der Waals surface area contributed by atoms with Crippen LogP contribution in [0.1, 0.15) is 18.5 Å². The highest BCUT2D eigenvalue weighted by atomic mass is 19.4. The fourth-order valence-electron chi connectivity index (χ4n) is 4.80. The van der Waals surface area contributed by atoms with Crippen molar-refractivity contribution in [1.29, 1.82) is 0 Å². The van der Waals surface area contributed by atoms with Crippen molar-refractivity contribution in [2.24, 2.45) is 11.8 Å². The maximum atomic E-state index is 13.1. The number of hydrogen-bond acceptors (Lipinski definition) is 6. The molecule has 0 aromatic carbocycles. The van der Waals surface area contributed by atoms with E-state index < -0.39 is 24.7 Å². The zero-order valence-electron chi connectivity index (χ0n) is 17.6. The first-order chi connectivity index (χ1) is 16.1. The maximum Gasteiger partial charge on any atom is 0.433 e. The Bertz CT molecular complexity index is 1160. The number of fused-ring (bicyclic) bond motifs is 3. The summed E-state index contributed by atoms with van der Waals surface area (Å²) in [5.74, 6) is 0.482. The minimum atomic E-state index is -4.51. The van der Waals surface area contributed by atoms with Crippen molar-refractivity contribution in [2.75, 3.05) is 29.9 Å². The van der Waals surface area contributed by atoms with Crippen molar-refractivity contribution >= 4 is 17.3 Å². The number of hydrogen-bond donors (Lipinski definition) is 1. The van der Waals surface area contributed by atoms with E-state index in [2.05, 4.69) is 20.4 Å². The third kappa shape index (κ3) is 4.55.